The Morgan fingerprint density at radius 2 is 1.66 bits per heavy atom. The van der Waals surface area contributed by atoms with Crippen molar-refractivity contribution in [1.29, 1.82) is 0 Å². The summed E-state index contributed by atoms with van der Waals surface area (Å²) in [5.74, 6) is 2.23. The van der Waals surface area contributed by atoms with Crippen LogP contribution in [0.5, 0.6) is 23.0 Å². The van der Waals surface area contributed by atoms with E-state index in [0.717, 1.165) is 5.56 Å². The summed E-state index contributed by atoms with van der Waals surface area (Å²) in [7, 11) is 4.67. The van der Waals surface area contributed by atoms with Gasteiger partial charge in [-0.3, -0.25) is 9.69 Å². The fourth-order valence-electron chi connectivity index (χ4n) is 3.04. The third kappa shape index (κ3) is 5.47. The molecule has 1 heterocycles. The molecular formula is C23H27N3O5S. The zero-order valence-corrected chi connectivity index (χ0v) is 19.6. The van der Waals surface area contributed by atoms with E-state index in [1.165, 1.54) is 11.3 Å². The van der Waals surface area contributed by atoms with Crippen LogP contribution < -0.4 is 23.8 Å². The van der Waals surface area contributed by atoms with Gasteiger partial charge in [-0.25, -0.2) is 0 Å². The zero-order valence-electron chi connectivity index (χ0n) is 18.8. The van der Waals surface area contributed by atoms with Gasteiger partial charge in [-0.15, -0.1) is 10.2 Å². The lowest BCUT2D eigenvalue weighted by molar-refractivity contribution is -0.120. The van der Waals surface area contributed by atoms with E-state index in [-0.39, 0.29) is 18.4 Å². The molecule has 0 spiro atoms. The van der Waals surface area contributed by atoms with Gasteiger partial charge in [-0.1, -0.05) is 43.4 Å². The second kappa shape index (κ2) is 10.8. The van der Waals surface area contributed by atoms with Gasteiger partial charge in [-0.05, 0) is 30.2 Å². The summed E-state index contributed by atoms with van der Waals surface area (Å²) in [6.45, 7) is 4.50. The molecule has 0 unspecified atom stereocenters. The van der Waals surface area contributed by atoms with E-state index in [2.05, 4.69) is 10.2 Å². The predicted molar refractivity (Wildman–Crippen MR) is 124 cm³/mol. The van der Waals surface area contributed by atoms with E-state index >= 15 is 0 Å². The molecule has 3 rings (SSSR count). The Balaban J connectivity index is 1.86. The summed E-state index contributed by atoms with van der Waals surface area (Å²) in [5.41, 5.74) is 0.751. The first-order chi connectivity index (χ1) is 15.5. The number of rotatable bonds is 10. The second-order valence-corrected chi connectivity index (χ2v) is 8.26. The molecule has 9 heteroatoms. The smallest absolute Gasteiger partial charge is 0.266 e. The summed E-state index contributed by atoms with van der Waals surface area (Å²) >= 11 is 1.31. The SMILES string of the molecule is COc1cc(-c2nnc(N(CC(C)C)C(=O)COc3ccccc3)s2)cc(OC)c1OC. The molecule has 0 aliphatic carbocycles. The number of carbonyl (C=O) groups excluding carboxylic acids is 1. The Bertz CT molecular complexity index is 1010. The number of hydrogen-bond donors (Lipinski definition) is 0. The highest BCUT2D eigenvalue weighted by molar-refractivity contribution is 7.18. The van der Waals surface area contributed by atoms with Crippen LogP contribution in [-0.2, 0) is 4.79 Å². The molecular weight excluding hydrogens is 430 g/mol. The molecule has 2 aromatic carbocycles. The van der Waals surface area contributed by atoms with E-state index in [1.54, 1.807) is 38.4 Å². The highest BCUT2D eigenvalue weighted by Gasteiger charge is 2.23. The van der Waals surface area contributed by atoms with Crippen LogP contribution in [0.15, 0.2) is 42.5 Å². The number of benzene rings is 2. The first-order valence-electron chi connectivity index (χ1n) is 10.1. The molecule has 0 N–H and O–H groups in total. The normalized spacial score (nSPS) is 10.7. The molecule has 8 nitrogen and oxygen atoms in total. The number of nitrogens with zero attached hydrogens (tertiary/aromatic N) is 3. The van der Waals surface area contributed by atoms with Gasteiger partial charge in [0.25, 0.3) is 5.91 Å². The standard InChI is InChI=1S/C23H27N3O5S/c1-15(2)13-26(20(27)14-31-17-9-7-6-8-10-17)23-25-24-22(32-23)16-11-18(28-3)21(30-5)19(12-16)29-4/h6-12,15H,13-14H2,1-5H3. The highest BCUT2D eigenvalue weighted by Crippen LogP contribution is 2.42. The van der Waals surface area contributed by atoms with Gasteiger partial charge in [0.2, 0.25) is 10.9 Å². The average Bonchev–Trinajstić information content (AvgIpc) is 3.30. The molecule has 0 aliphatic rings. The van der Waals surface area contributed by atoms with Crippen LogP contribution in [-0.4, -0.2) is 50.6 Å². The van der Waals surface area contributed by atoms with Crippen LogP contribution >= 0.6 is 11.3 Å². The predicted octanol–water partition coefficient (Wildman–Crippen LogP) is 4.30. The molecule has 0 atom stereocenters. The van der Waals surface area contributed by atoms with Gasteiger partial charge in [0.15, 0.2) is 18.1 Å². The quantitative estimate of drug-likeness (QED) is 0.449. The fraction of sp³-hybridized carbons (Fsp3) is 0.348. The Morgan fingerprint density at radius 1 is 1.00 bits per heavy atom. The zero-order chi connectivity index (χ0) is 23.1. The van der Waals surface area contributed by atoms with Crippen molar-refractivity contribution in [3.05, 3.63) is 42.5 Å². The summed E-state index contributed by atoms with van der Waals surface area (Å²) in [4.78, 5) is 14.6. The third-order valence-electron chi connectivity index (χ3n) is 4.51. The molecule has 0 saturated carbocycles. The first-order valence-corrected chi connectivity index (χ1v) is 10.9. The van der Waals surface area contributed by atoms with Gasteiger partial charge in [-0.2, -0.15) is 0 Å². The lowest BCUT2D eigenvalue weighted by Crippen LogP contribution is -2.37. The summed E-state index contributed by atoms with van der Waals surface area (Å²) in [5, 5.41) is 9.72. The van der Waals surface area contributed by atoms with Gasteiger partial charge < -0.3 is 18.9 Å². The van der Waals surface area contributed by atoms with Crippen molar-refractivity contribution in [2.24, 2.45) is 5.92 Å². The van der Waals surface area contributed by atoms with Crippen molar-refractivity contribution in [1.82, 2.24) is 10.2 Å². The lowest BCUT2D eigenvalue weighted by Gasteiger charge is -2.21. The minimum atomic E-state index is -0.185. The average molecular weight is 458 g/mol. The largest absolute Gasteiger partial charge is 0.493 e. The first kappa shape index (κ1) is 23.3. The van der Waals surface area contributed by atoms with Crippen LogP contribution in [0.1, 0.15) is 13.8 Å². The van der Waals surface area contributed by atoms with Crippen molar-refractivity contribution >= 4 is 22.4 Å². The monoisotopic (exact) mass is 457 g/mol. The minimum absolute atomic E-state index is 0.0875. The maximum atomic E-state index is 13.0. The number of anilines is 1. The van der Waals surface area contributed by atoms with Crippen molar-refractivity contribution in [2.45, 2.75) is 13.8 Å². The molecule has 1 amide bonds. The van der Waals surface area contributed by atoms with Crippen LogP contribution in [0.2, 0.25) is 0 Å². The van der Waals surface area contributed by atoms with Crippen molar-refractivity contribution in [3.8, 4) is 33.6 Å². The molecule has 0 aliphatic heterocycles. The number of ether oxygens (including phenoxy) is 4. The van der Waals surface area contributed by atoms with Crippen LogP contribution in [0.3, 0.4) is 0 Å². The van der Waals surface area contributed by atoms with Crippen molar-refractivity contribution < 1.29 is 23.7 Å². The molecule has 0 fully saturated rings. The molecule has 0 radical (unpaired) electrons. The molecule has 32 heavy (non-hydrogen) atoms. The summed E-state index contributed by atoms with van der Waals surface area (Å²) < 4.78 is 21.9. The van der Waals surface area contributed by atoms with E-state index in [0.29, 0.717) is 39.7 Å². The Labute approximate surface area is 191 Å². The lowest BCUT2D eigenvalue weighted by atomic mass is 10.2. The maximum Gasteiger partial charge on any atom is 0.266 e. The van der Waals surface area contributed by atoms with E-state index in [9.17, 15) is 4.79 Å². The number of carbonyl (C=O) groups is 1. The number of para-hydroxylation sites is 1. The molecule has 1 aromatic heterocycles. The summed E-state index contributed by atoms with van der Waals surface area (Å²) in [6, 6.07) is 12.9. The van der Waals surface area contributed by atoms with Gasteiger partial charge in [0.1, 0.15) is 10.8 Å². The molecule has 3 aromatic rings. The van der Waals surface area contributed by atoms with Crippen molar-refractivity contribution in [2.75, 3.05) is 39.4 Å². The van der Waals surface area contributed by atoms with E-state index in [1.807, 2.05) is 44.2 Å². The van der Waals surface area contributed by atoms with Gasteiger partial charge in [0.05, 0.1) is 21.3 Å². The number of hydrogen-bond acceptors (Lipinski definition) is 8. The minimum Gasteiger partial charge on any atom is -0.493 e. The summed E-state index contributed by atoms with van der Waals surface area (Å²) in [6.07, 6.45) is 0. The Kier molecular flexibility index (Phi) is 7.88. The second-order valence-electron chi connectivity index (χ2n) is 7.30. The van der Waals surface area contributed by atoms with Crippen LogP contribution in [0, 0.1) is 5.92 Å². The molecule has 0 bridgehead atoms. The maximum absolute atomic E-state index is 13.0. The number of amides is 1. The van der Waals surface area contributed by atoms with E-state index < -0.39 is 0 Å². The molecule has 0 saturated heterocycles. The highest BCUT2D eigenvalue weighted by atomic mass is 32.1. The number of aromatic nitrogens is 2. The Hall–Kier alpha value is -3.33. The topological polar surface area (TPSA) is 83.0 Å². The van der Waals surface area contributed by atoms with Crippen molar-refractivity contribution in [3.63, 3.8) is 0 Å². The van der Waals surface area contributed by atoms with Crippen LogP contribution in [0.25, 0.3) is 10.6 Å². The molecule has 170 valence electrons. The van der Waals surface area contributed by atoms with Gasteiger partial charge >= 0.3 is 0 Å². The van der Waals surface area contributed by atoms with Crippen LogP contribution in [0.4, 0.5) is 5.13 Å². The fourth-order valence-corrected chi connectivity index (χ4v) is 3.90. The third-order valence-corrected chi connectivity index (χ3v) is 5.51. The number of methoxy groups -OCH3 is 3. The van der Waals surface area contributed by atoms with E-state index in [4.69, 9.17) is 18.9 Å². The van der Waals surface area contributed by atoms with Gasteiger partial charge in [0, 0.05) is 12.1 Å². The Morgan fingerprint density at radius 3 is 2.22 bits per heavy atom.